The number of benzene rings is 2. The lowest BCUT2D eigenvalue weighted by Crippen LogP contribution is -2.07. The summed E-state index contributed by atoms with van der Waals surface area (Å²) >= 11 is 12.1. The van der Waals surface area contributed by atoms with Crippen molar-refractivity contribution in [2.24, 2.45) is 0 Å². The van der Waals surface area contributed by atoms with Crippen molar-refractivity contribution < 1.29 is 9.13 Å². The molecule has 3 aromatic rings. The van der Waals surface area contributed by atoms with E-state index in [0.29, 0.717) is 17.1 Å². The Balaban J connectivity index is 1.89. The monoisotopic (exact) mass is 364 g/mol. The molecule has 1 N–H and O–H groups in total. The van der Waals surface area contributed by atoms with Crippen LogP contribution in [0, 0.1) is 5.82 Å². The van der Waals surface area contributed by atoms with Crippen LogP contribution in [0.1, 0.15) is 11.3 Å². The van der Waals surface area contributed by atoms with Gasteiger partial charge in [-0.05, 0) is 35.9 Å². The zero-order valence-corrected chi connectivity index (χ0v) is 13.7. The molecule has 7 heteroatoms. The number of halogens is 3. The summed E-state index contributed by atoms with van der Waals surface area (Å²) in [5, 5.41) is 6.79. The Morgan fingerprint density at radius 2 is 1.92 bits per heavy atom. The lowest BCUT2D eigenvalue weighted by atomic mass is 10.1. The second kappa shape index (κ2) is 7.03. The smallest absolute Gasteiger partial charge is 0.264 e. The van der Waals surface area contributed by atoms with Crippen molar-refractivity contribution in [3.05, 3.63) is 86.0 Å². The number of nitrogens with zero attached hydrogens (tertiary/aromatic N) is 1. The molecule has 2 aromatic carbocycles. The van der Waals surface area contributed by atoms with Crippen LogP contribution in [0.4, 0.5) is 4.39 Å². The van der Waals surface area contributed by atoms with Gasteiger partial charge in [0.15, 0.2) is 11.6 Å². The van der Waals surface area contributed by atoms with Crippen LogP contribution >= 0.6 is 23.2 Å². The highest BCUT2D eigenvalue weighted by Crippen LogP contribution is 2.36. The number of hydrogen-bond acceptors (Lipinski definition) is 3. The molecule has 3 rings (SSSR count). The third-order valence-corrected chi connectivity index (χ3v) is 3.86. The molecule has 0 saturated heterocycles. The van der Waals surface area contributed by atoms with Crippen LogP contribution in [0.3, 0.4) is 0 Å². The van der Waals surface area contributed by atoms with Gasteiger partial charge < -0.3 is 4.74 Å². The number of H-pyrrole nitrogens is 1. The Hall–Kier alpha value is -2.37. The predicted molar refractivity (Wildman–Crippen MR) is 90.6 cm³/mol. The molecule has 4 nitrogen and oxygen atoms in total. The van der Waals surface area contributed by atoms with Gasteiger partial charge in [0, 0.05) is 12.5 Å². The largest absolute Gasteiger partial charge is 0.451 e. The van der Waals surface area contributed by atoms with Crippen LogP contribution in [0.2, 0.25) is 10.0 Å². The summed E-state index contributed by atoms with van der Waals surface area (Å²) in [5.41, 5.74) is 1.24. The van der Waals surface area contributed by atoms with Gasteiger partial charge in [0.1, 0.15) is 5.75 Å². The van der Waals surface area contributed by atoms with Gasteiger partial charge in [-0.25, -0.2) is 9.49 Å². The quantitative estimate of drug-likeness (QED) is 0.735. The first-order chi connectivity index (χ1) is 11.5. The van der Waals surface area contributed by atoms with Gasteiger partial charge >= 0.3 is 0 Å². The molecule has 0 aliphatic carbocycles. The predicted octanol–water partition coefficient (Wildman–Crippen LogP) is 4.60. The molecular formula is C17H11Cl2FN2O2. The van der Waals surface area contributed by atoms with Crippen LogP contribution < -0.4 is 10.3 Å². The van der Waals surface area contributed by atoms with Crippen LogP contribution in [0.25, 0.3) is 0 Å². The van der Waals surface area contributed by atoms with E-state index in [2.05, 4.69) is 10.2 Å². The van der Waals surface area contributed by atoms with E-state index in [0.717, 1.165) is 5.56 Å². The van der Waals surface area contributed by atoms with Crippen LogP contribution in [0.15, 0.2) is 53.3 Å². The van der Waals surface area contributed by atoms with E-state index in [-0.39, 0.29) is 22.1 Å². The van der Waals surface area contributed by atoms with Crippen molar-refractivity contribution in [2.45, 2.75) is 6.42 Å². The maximum absolute atomic E-state index is 13.9. The standard InChI is InChI=1S/C17H11Cl2FN2O2/c18-12-6-4-10(8-11-5-7-16(23)22-21-11)9-15(12)24-17-13(19)2-1-3-14(17)20/h1-7,9H,8H2,(H,22,23). The fraction of sp³-hybridized carbons (Fsp3) is 0.0588. The van der Waals surface area contributed by atoms with Gasteiger partial charge in [-0.2, -0.15) is 5.10 Å². The third-order valence-electron chi connectivity index (χ3n) is 3.25. The van der Waals surface area contributed by atoms with Crippen molar-refractivity contribution in [1.82, 2.24) is 10.2 Å². The molecule has 0 amide bonds. The van der Waals surface area contributed by atoms with Gasteiger partial charge in [0.05, 0.1) is 15.7 Å². The molecule has 0 radical (unpaired) electrons. The maximum atomic E-state index is 13.9. The van der Waals surface area contributed by atoms with Crippen molar-refractivity contribution in [3.8, 4) is 11.5 Å². The van der Waals surface area contributed by atoms with Gasteiger partial charge in [-0.15, -0.1) is 0 Å². The second-order valence-electron chi connectivity index (χ2n) is 5.01. The number of hydrogen-bond donors (Lipinski definition) is 1. The summed E-state index contributed by atoms with van der Waals surface area (Å²) in [7, 11) is 0. The van der Waals surface area contributed by atoms with Crippen LogP contribution in [-0.2, 0) is 6.42 Å². The molecule has 1 heterocycles. The molecule has 0 bridgehead atoms. The van der Waals surface area contributed by atoms with E-state index >= 15 is 0 Å². The Morgan fingerprint density at radius 1 is 1.08 bits per heavy atom. The van der Waals surface area contributed by atoms with Gasteiger partial charge in [-0.1, -0.05) is 35.3 Å². The first-order valence-electron chi connectivity index (χ1n) is 6.98. The number of nitrogens with one attached hydrogen (secondary N) is 1. The van der Waals surface area contributed by atoms with Crippen molar-refractivity contribution >= 4 is 23.2 Å². The average Bonchev–Trinajstić information content (AvgIpc) is 2.56. The normalized spacial score (nSPS) is 10.6. The van der Waals surface area contributed by atoms with Gasteiger partial charge in [-0.3, -0.25) is 4.79 Å². The van der Waals surface area contributed by atoms with E-state index in [1.165, 1.54) is 24.3 Å². The summed E-state index contributed by atoms with van der Waals surface area (Å²) in [6.45, 7) is 0. The van der Waals surface area contributed by atoms with E-state index < -0.39 is 5.82 Å². The van der Waals surface area contributed by atoms with E-state index in [9.17, 15) is 9.18 Å². The highest BCUT2D eigenvalue weighted by molar-refractivity contribution is 6.32. The second-order valence-corrected chi connectivity index (χ2v) is 5.82. The summed E-state index contributed by atoms with van der Waals surface area (Å²) in [6, 6.07) is 12.4. The minimum absolute atomic E-state index is 0.0830. The fourth-order valence-electron chi connectivity index (χ4n) is 2.11. The fourth-order valence-corrected chi connectivity index (χ4v) is 2.46. The van der Waals surface area contributed by atoms with Crippen molar-refractivity contribution in [1.29, 1.82) is 0 Å². The summed E-state index contributed by atoms with van der Waals surface area (Å²) < 4.78 is 19.4. The van der Waals surface area contributed by atoms with Crippen molar-refractivity contribution in [3.63, 3.8) is 0 Å². The highest BCUT2D eigenvalue weighted by Gasteiger charge is 2.12. The molecule has 0 aliphatic rings. The number of aromatic amines is 1. The van der Waals surface area contributed by atoms with Crippen molar-refractivity contribution in [2.75, 3.05) is 0 Å². The highest BCUT2D eigenvalue weighted by atomic mass is 35.5. The number of rotatable bonds is 4. The zero-order valence-electron chi connectivity index (χ0n) is 12.2. The van der Waals surface area contributed by atoms with Gasteiger partial charge in [0.25, 0.3) is 5.56 Å². The topological polar surface area (TPSA) is 55.0 Å². The zero-order chi connectivity index (χ0) is 17.1. The summed E-state index contributed by atoms with van der Waals surface area (Å²) in [4.78, 5) is 11.0. The molecule has 0 saturated carbocycles. The van der Waals surface area contributed by atoms with E-state index in [4.69, 9.17) is 27.9 Å². The maximum Gasteiger partial charge on any atom is 0.264 e. The lowest BCUT2D eigenvalue weighted by Gasteiger charge is -2.11. The molecule has 0 aliphatic heterocycles. The lowest BCUT2D eigenvalue weighted by molar-refractivity contribution is 0.442. The Morgan fingerprint density at radius 3 is 2.62 bits per heavy atom. The molecule has 0 atom stereocenters. The minimum atomic E-state index is -0.578. The number of para-hydroxylation sites is 1. The summed E-state index contributed by atoms with van der Waals surface area (Å²) in [6.07, 6.45) is 0.454. The first-order valence-corrected chi connectivity index (χ1v) is 7.73. The SMILES string of the molecule is O=c1ccc(Cc2ccc(Cl)c(Oc3c(F)cccc3Cl)c2)n[nH]1. The van der Waals surface area contributed by atoms with Crippen LogP contribution in [-0.4, -0.2) is 10.2 Å². The Kier molecular flexibility index (Phi) is 4.83. The third kappa shape index (κ3) is 3.75. The minimum Gasteiger partial charge on any atom is -0.451 e. The molecule has 0 fully saturated rings. The number of ether oxygens (including phenoxy) is 1. The molecule has 0 unspecified atom stereocenters. The molecule has 24 heavy (non-hydrogen) atoms. The molecule has 1 aromatic heterocycles. The van der Waals surface area contributed by atoms with Gasteiger partial charge in [0.2, 0.25) is 0 Å². The Bertz CT molecular complexity index is 903. The number of aromatic nitrogens is 2. The van der Waals surface area contributed by atoms with E-state index in [1.54, 1.807) is 24.3 Å². The summed E-state index contributed by atoms with van der Waals surface area (Å²) in [5.74, 6) is -0.378. The van der Waals surface area contributed by atoms with Crippen LogP contribution in [0.5, 0.6) is 11.5 Å². The average molecular weight is 365 g/mol. The first kappa shape index (κ1) is 16.5. The van der Waals surface area contributed by atoms with E-state index in [1.807, 2.05) is 0 Å². The Labute approximate surface area is 146 Å². The molecule has 122 valence electrons. The molecule has 0 spiro atoms. The molecular weight excluding hydrogens is 354 g/mol.